The second-order valence-corrected chi connectivity index (χ2v) is 12.1. The molecule has 2 heterocycles. The van der Waals surface area contributed by atoms with Gasteiger partial charge in [-0.1, -0.05) is 18.2 Å². The molecule has 10 heteroatoms. The maximum atomic E-state index is 12.7. The second kappa shape index (κ2) is 11.5. The molecular weight excluding hydrogens is 500 g/mol. The van der Waals surface area contributed by atoms with Crippen molar-refractivity contribution < 1.29 is 13.2 Å². The average molecular weight is 537 g/mol. The smallest absolute Gasteiger partial charge is 0.253 e. The maximum Gasteiger partial charge on any atom is 0.253 e. The summed E-state index contributed by atoms with van der Waals surface area (Å²) in [6, 6.07) is 18.1. The largest absolute Gasteiger partial charge is 0.366 e. The van der Waals surface area contributed by atoms with E-state index in [9.17, 15) is 13.2 Å². The molecule has 1 saturated heterocycles. The van der Waals surface area contributed by atoms with Crippen LogP contribution in [0.15, 0.2) is 65.6 Å². The molecule has 1 aliphatic rings. The number of amides is 1. The first-order chi connectivity index (χ1) is 18.0. The lowest BCUT2D eigenvalue weighted by molar-refractivity contribution is 0.0736. The van der Waals surface area contributed by atoms with Crippen molar-refractivity contribution in [3.8, 4) is 0 Å². The number of aryl methyl sites for hydroxylation is 1. The van der Waals surface area contributed by atoms with E-state index in [-0.39, 0.29) is 10.8 Å². The molecule has 0 atom stereocenters. The van der Waals surface area contributed by atoms with E-state index in [1.165, 1.54) is 0 Å². The number of piperazine rings is 1. The van der Waals surface area contributed by atoms with E-state index in [0.717, 1.165) is 43.0 Å². The Hall–Kier alpha value is -3.47. The third-order valence-electron chi connectivity index (χ3n) is 6.01. The molecule has 0 bridgehead atoms. The lowest BCUT2D eigenvalue weighted by Crippen LogP contribution is -2.46. The van der Waals surface area contributed by atoms with E-state index in [4.69, 9.17) is 4.98 Å². The van der Waals surface area contributed by atoms with Crippen molar-refractivity contribution in [3.63, 3.8) is 0 Å². The summed E-state index contributed by atoms with van der Waals surface area (Å²) in [5, 5.41) is 9.87. The number of sulfonamides is 1. The summed E-state index contributed by atoms with van der Waals surface area (Å²) in [4.78, 5) is 19.5. The van der Waals surface area contributed by atoms with Crippen molar-refractivity contribution in [2.75, 3.05) is 36.8 Å². The Balaban J connectivity index is 1.41. The molecular formula is C28H36N6O3S. The number of hydrogen-bond donors (Lipinski definition) is 4. The van der Waals surface area contributed by atoms with Crippen LogP contribution < -0.4 is 20.7 Å². The van der Waals surface area contributed by atoms with Gasteiger partial charge in [0.05, 0.1) is 4.90 Å². The summed E-state index contributed by atoms with van der Waals surface area (Å²) < 4.78 is 28.1. The Morgan fingerprint density at radius 1 is 1.03 bits per heavy atom. The van der Waals surface area contributed by atoms with E-state index in [0.29, 0.717) is 23.7 Å². The molecule has 4 N–H and O–H groups in total. The summed E-state index contributed by atoms with van der Waals surface area (Å²) in [6.45, 7) is 10.9. The number of anilines is 3. The zero-order valence-electron chi connectivity index (χ0n) is 22.3. The zero-order chi connectivity index (χ0) is 27.3. The lowest BCUT2D eigenvalue weighted by Gasteiger charge is -2.27. The van der Waals surface area contributed by atoms with E-state index in [1.807, 2.05) is 75.1 Å². The van der Waals surface area contributed by atoms with Gasteiger partial charge < -0.3 is 20.9 Å². The van der Waals surface area contributed by atoms with E-state index in [1.54, 1.807) is 18.2 Å². The molecule has 1 aliphatic heterocycles. The Morgan fingerprint density at radius 3 is 2.42 bits per heavy atom. The predicted molar refractivity (Wildman–Crippen MR) is 151 cm³/mol. The normalized spacial score (nSPS) is 14.3. The van der Waals surface area contributed by atoms with Gasteiger partial charge in [0.15, 0.2) is 0 Å². The minimum Gasteiger partial charge on any atom is -0.366 e. The minimum atomic E-state index is -3.62. The van der Waals surface area contributed by atoms with Crippen LogP contribution in [-0.2, 0) is 16.6 Å². The van der Waals surface area contributed by atoms with Crippen LogP contribution in [0.2, 0.25) is 0 Å². The fourth-order valence-corrected chi connectivity index (χ4v) is 5.63. The highest BCUT2D eigenvalue weighted by Crippen LogP contribution is 2.22. The van der Waals surface area contributed by atoms with E-state index >= 15 is 0 Å². The van der Waals surface area contributed by atoms with Gasteiger partial charge in [-0.25, -0.2) is 18.1 Å². The van der Waals surface area contributed by atoms with Crippen molar-refractivity contribution in [2.24, 2.45) is 0 Å². The molecule has 0 saturated carbocycles. The predicted octanol–water partition coefficient (Wildman–Crippen LogP) is 3.87. The third kappa shape index (κ3) is 7.31. The number of nitrogens with one attached hydrogen (secondary N) is 4. The van der Waals surface area contributed by atoms with E-state index in [2.05, 4.69) is 20.7 Å². The van der Waals surface area contributed by atoms with Gasteiger partial charge in [0, 0.05) is 49.5 Å². The number of aromatic nitrogens is 1. The van der Waals surface area contributed by atoms with Gasteiger partial charge in [0.2, 0.25) is 10.0 Å². The van der Waals surface area contributed by atoms with Crippen LogP contribution in [-0.4, -0.2) is 55.9 Å². The molecule has 0 aliphatic carbocycles. The Bertz CT molecular complexity index is 1380. The molecule has 202 valence electrons. The highest BCUT2D eigenvalue weighted by Gasteiger charge is 2.22. The molecule has 1 fully saturated rings. The van der Waals surface area contributed by atoms with Gasteiger partial charge in [-0.3, -0.25) is 4.79 Å². The van der Waals surface area contributed by atoms with Gasteiger partial charge in [-0.15, -0.1) is 0 Å². The van der Waals surface area contributed by atoms with Gasteiger partial charge in [0.25, 0.3) is 5.91 Å². The molecule has 0 unspecified atom stereocenters. The number of carbonyl (C=O) groups excluding carboxylic acids is 1. The maximum absolute atomic E-state index is 12.7. The van der Waals surface area contributed by atoms with Crippen LogP contribution in [0.3, 0.4) is 0 Å². The van der Waals surface area contributed by atoms with Crippen LogP contribution in [0.25, 0.3) is 0 Å². The summed E-state index contributed by atoms with van der Waals surface area (Å²) in [7, 11) is -3.62. The highest BCUT2D eigenvalue weighted by atomic mass is 32.2. The first-order valence-corrected chi connectivity index (χ1v) is 14.2. The van der Waals surface area contributed by atoms with Crippen LogP contribution in [0.1, 0.15) is 42.3 Å². The first-order valence-electron chi connectivity index (χ1n) is 12.7. The summed E-state index contributed by atoms with van der Waals surface area (Å²) in [6.07, 6.45) is 0. The molecule has 9 nitrogen and oxygen atoms in total. The Morgan fingerprint density at radius 2 is 1.74 bits per heavy atom. The van der Waals surface area contributed by atoms with Crippen LogP contribution >= 0.6 is 0 Å². The number of pyridine rings is 1. The monoisotopic (exact) mass is 536 g/mol. The molecule has 3 aromatic rings. The molecule has 0 radical (unpaired) electrons. The van der Waals surface area contributed by atoms with Crippen molar-refractivity contribution in [1.82, 2.24) is 19.9 Å². The average Bonchev–Trinajstić information content (AvgIpc) is 2.88. The fraction of sp³-hybridized carbons (Fsp3) is 0.357. The molecule has 1 amide bonds. The van der Waals surface area contributed by atoms with Gasteiger partial charge in [-0.2, -0.15) is 0 Å². The highest BCUT2D eigenvalue weighted by molar-refractivity contribution is 7.89. The van der Waals surface area contributed by atoms with Crippen LogP contribution in [0.5, 0.6) is 0 Å². The third-order valence-corrected chi connectivity index (χ3v) is 7.77. The first kappa shape index (κ1) is 27.6. The van der Waals surface area contributed by atoms with Crippen molar-refractivity contribution >= 4 is 33.3 Å². The number of hydrogen-bond acceptors (Lipinski definition) is 7. The summed E-state index contributed by atoms with van der Waals surface area (Å²) in [5.74, 6) is 1.40. The van der Waals surface area contributed by atoms with Crippen molar-refractivity contribution in [2.45, 2.75) is 44.7 Å². The number of carbonyl (C=O) groups is 1. The Kier molecular flexibility index (Phi) is 8.35. The van der Waals surface area contributed by atoms with Crippen molar-refractivity contribution in [1.29, 1.82) is 0 Å². The van der Waals surface area contributed by atoms with Gasteiger partial charge in [0.1, 0.15) is 11.6 Å². The quantitative estimate of drug-likeness (QED) is 0.345. The van der Waals surface area contributed by atoms with Crippen molar-refractivity contribution in [3.05, 3.63) is 77.4 Å². The second-order valence-electron chi connectivity index (χ2n) is 10.5. The fourth-order valence-electron chi connectivity index (χ4n) is 4.14. The molecule has 2 aromatic carbocycles. The van der Waals surface area contributed by atoms with Gasteiger partial charge >= 0.3 is 0 Å². The summed E-state index contributed by atoms with van der Waals surface area (Å²) >= 11 is 0. The summed E-state index contributed by atoms with van der Waals surface area (Å²) in [5.41, 5.74) is 2.71. The van der Waals surface area contributed by atoms with Crippen LogP contribution in [0, 0.1) is 6.92 Å². The molecule has 1 aromatic heterocycles. The Labute approximate surface area is 225 Å². The zero-order valence-corrected chi connectivity index (χ0v) is 23.2. The van der Waals surface area contributed by atoms with E-state index < -0.39 is 15.6 Å². The number of nitrogens with zero attached hydrogens (tertiary/aromatic N) is 2. The SMILES string of the molecule is Cc1ccc(Nc2ccc(C(=O)N3CCNCC3)cc2)nc1NCc1cccc(S(=O)(=O)NC(C)(C)C)c1. The van der Waals surface area contributed by atoms with Crippen LogP contribution in [0.4, 0.5) is 17.3 Å². The minimum absolute atomic E-state index is 0.0454. The molecule has 38 heavy (non-hydrogen) atoms. The number of benzene rings is 2. The number of rotatable bonds is 8. The topological polar surface area (TPSA) is 115 Å². The van der Waals surface area contributed by atoms with Gasteiger partial charge in [-0.05, 0) is 81.3 Å². The molecule has 4 rings (SSSR count). The lowest BCUT2D eigenvalue weighted by atomic mass is 10.1. The standard InChI is InChI=1S/C28H36N6O3S/c1-20-8-13-25(31-23-11-9-22(10-12-23)27(35)34-16-14-29-15-17-34)32-26(20)30-19-21-6-5-7-24(18-21)38(36,37)33-28(2,3)4/h5-13,18,29,33H,14-17,19H2,1-4H3,(H2,30,31,32). The molecule has 0 spiro atoms.